The summed E-state index contributed by atoms with van der Waals surface area (Å²) in [6.07, 6.45) is -3.19. The maximum Gasteiger partial charge on any atom is 0.406 e. The second kappa shape index (κ2) is 8.46. The summed E-state index contributed by atoms with van der Waals surface area (Å²) < 4.78 is 53.9. The van der Waals surface area contributed by atoms with Crippen molar-refractivity contribution in [2.75, 3.05) is 19.8 Å². The second-order valence-electron chi connectivity index (χ2n) is 5.11. The molecule has 0 aliphatic heterocycles. The van der Waals surface area contributed by atoms with E-state index in [0.29, 0.717) is 23.0 Å². The molecular formula is C17H18F3NO4. The Bertz CT molecular complexity index is 671. The average molecular weight is 357 g/mol. The van der Waals surface area contributed by atoms with E-state index in [2.05, 4.69) is 0 Å². The molecule has 25 heavy (non-hydrogen) atoms. The summed E-state index contributed by atoms with van der Waals surface area (Å²) >= 11 is 0. The minimum Gasteiger partial charge on any atom is -0.490 e. The lowest BCUT2D eigenvalue weighted by Gasteiger charge is -2.23. The van der Waals surface area contributed by atoms with Gasteiger partial charge < -0.3 is 18.8 Å². The van der Waals surface area contributed by atoms with Crippen LogP contribution in [-0.2, 0) is 11.3 Å². The molecule has 0 atom stereocenters. The van der Waals surface area contributed by atoms with E-state index in [-0.39, 0.29) is 12.3 Å². The largest absolute Gasteiger partial charge is 0.490 e. The molecule has 1 amide bonds. The summed E-state index contributed by atoms with van der Waals surface area (Å²) in [7, 11) is 0. The van der Waals surface area contributed by atoms with Crippen LogP contribution in [0.2, 0.25) is 0 Å². The van der Waals surface area contributed by atoms with Crippen molar-refractivity contribution in [3.63, 3.8) is 0 Å². The maximum atomic E-state index is 12.7. The molecule has 0 aliphatic rings. The van der Waals surface area contributed by atoms with E-state index >= 15 is 0 Å². The Morgan fingerprint density at radius 2 is 1.80 bits per heavy atom. The minimum atomic E-state index is -4.52. The number of hydrogen-bond acceptors (Lipinski definition) is 4. The van der Waals surface area contributed by atoms with Crippen LogP contribution in [0.3, 0.4) is 0 Å². The molecule has 0 N–H and O–H groups in total. The van der Waals surface area contributed by atoms with Crippen LogP contribution in [-0.4, -0.2) is 36.7 Å². The van der Waals surface area contributed by atoms with Gasteiger partial charge in [-0.2, -0.15) is 13.2 Å². The summed E-state index contributed by atoms with van der Waals surface area (Å²) in [5.41, 5.74) is 0. The highest BCUT2D eigenvalue weighted by Crippen LogP contribution is 2.26. The van der Waals surface area contributed by atoms with Crippen molar-refractivity contribution in [1.82, 2.24) is 4.90 Å². The maximum absolute atomic E-state index is 12.7. The number of para-hydroxylation sites is 2. The highest BCUT2D eigenvalue weighted by molar-refractivity contribution is 5.77. The molecule has 1 aromatic carbocycles. The van der Waals surface area contributed by atoms with Gasteiger partial charge in [-0.15, -0.1) is 0 Å². The number of ether oxygens (including phenoxy) is 2. The fourth-order valence-corrected chi connectivity index (χ4v) is 2.11. The molecule has 8 heteroatoms. The topological polar surface area (TPSA) is 51.9 Å². The van der Waals surface area contributed by atoms with Gasteiger partial charge >= 0.3 is 6.18 Å². The van der Waals surface area contributed by atoms with Crippen molar-refractivity contribution in [3.8, 4) is 11.5 Å². The smallest absolute Gasteiger partial charge is 0.406 e. The molecule has 0 saturated heterocycles. The predicted molar refractivity (Wildman–Crippen MR) is 83.3 cm³/mol. The lowest BCUT2D eigenvalue weighted by atomic mass is 10.3. The summed E-state index contributed by atoms with van der Waals surface area (Å²) in [6, 6.07) is 9.69. The normalized spacial score (nSPS) is 11.2. The van der Waals surface area contributed by atoms with Gasteiger partial charge in [-0.3, -0.25) is 4.79 Å². The number of halogens is 3. The van der Waals surface area contributed by atoms with E-state index in [1.807, 2.05) is 0 Å². The average Bonchev–Trinajstić information content (AvgIpc) is 3.05. The van der Waals surface area contributed by atoms with E-state index in [0.717, 1.165) is 0 Å². The lowest BCUT2D eigenvalue weighted by molar-refractivity contribution is -0.164. The van der Waals surface area contributed by atoms with E-state index in [1.54, 1.807) is 37.3 Å². The molecule has 0 bridgehead atoms. The number of amides is 1. The van der Waals surface area contributed by atoms with Crippen LogP contribution < -0.4 is 9.47 Å². The molecule has 0 radical (unpaired) electrons. The Morgan fingerprint density at radius 3 is 2.36 bits per heavy atom. The Balaban J connectivity index is 2.03. The predicted octanol–water partition coefficient (Wildman–Crippen LogP) is 3.65. The second-order valence-corrected chi connectivity index (χ2v) is 5.11. The quantitative estimate of drug-likeness (QED) is 0.724. The van der Waals surface area contributed by atoms with Gasteiger partial charge in [-0.05, 0) is 31.2 Å². The fraction of sp³-hybridized carbons (Fsp3) is 0.353. The first kappa shape index (κ1) is 18.7. The molecule has 0 unspecified atom stereocenters. The van der Waals surface area contributed by atoms with Gasteiger partial charge in [0, 0.05) is 0 Å². The number of rotatable bonds is 8. The third kappa shape index (κ3) is 6.06. The Hall–Kier alpha value is -2.64. The SMILES string of the molecule is CCOc1ccccc1OCC(=O)N(Cc1ccco1)CC(F)(F)F. The van der Waals surface area contributed by atoms with E-state index in [1.165, 1.54) is 12.3 Å². The summed E-state index contributed by atoms with van der Waals surface area (Å²) in [5, 5.41) is 0. The molecule has 2 aromatic rings. The molecule has 5 nitrogen and oxygen atoms in total. The van der Waals surface area contributed by atoms with E-state index in [9.17, 15) is 18.0 Å². The van der Waals surface area contributed by atoms with Crippen LogP contribution in [0.25, 0.3) is 0 Å². The third-order valence-corrected chi connectivity index (χ3v) is 3.15. The highest BCUT2D eigenvalue weighted by Gasteiger charge is 2.33. The number of benzene rings is 1. The first-order valence-electron chi connectivity index (χ1n) is 7.60. The molecule has 0 fully saturated rings. The van der Waals surface area contributed by atoms with Gasteiger partial charge in [0.2, 0.25) is 0 Å². The zero-order chi connectivity index (χ0) is 18.3. The van der Waals surface area contributed by atoms with Crippen LogP contribution in [0.4, 0.5) is 13.2 Å². The number of alkyl halides is 3. The third-order valence-electron chi connectivity index (χ3n) is 3.15. The van der Waals surface area contributed by atoms with Gasteiger partial charge in [-0.25, -0.2) is 0 Å². The van der Waals surface area contributed by atoms with Crippen molar-refractivity contribution in [1.29, 1.82) is 0 Å². The monoisotopic (exact) mass is 357 g/mol. The first-order valence-corrected chi connectivity index (χ1v) is 7.60. The number of carbonyl (C=O) groups is 1. The number of furan rings is 1. The van der Waals surface area contributed by atoms with Crippen LogP contribution in [0.5, 0.6) is 11.5 Å². The van der Waals surface area contributed by atoms with Crippen molar-refractivity contribution in [2.24, 2.45) is 0 Å². The standard InChI is InChI=1S/C17H18F3NO4/c1-2-23-14-7-3-4-8-15(14)25-11-16(22)21(12-17(18,19)20)10-13-6-5-9-24-13/h3-9H,2,10-12H2,1H3. The molecule has 136 valence electrons. The van der Waals surface area contributed by atoms with Crippen LogP contribution >= 0.6 is 0 Å². The molecule has 2 rings (SSSR count). The van der Waals surface area contributed by atoms with Gasteiger partial charge in [0.15, 0.2) is 18.1 Å². The van der Waals surface area contributed by atoms with Crippen molar-refractivity contribution in [3.05, 3.63) is 48.4 Å². The van der Waals surface area contributed by atoms with Crippen molar-refractivity contribution in [2.45, 2.75) is 19.6 Å². The molecule has 1 aromatic heterocycles. The van der Waals surface area contributed by atoms with Crippen LogP contribution in [0, 0.1) is 0 Å². The van der Waals surface area contributed by atoms with Gasteiger partial charge in [-0.1, -0.05) is 12.1 Å². The highest BCUT2D eigenvalue weighted by atomic mass is 19.4. The summed E-state index contributed by atoms with van der Waals surface area (Å²) in [5.74, 6) is 0.168. The van der Waals surface area contributed by atoms with Gasteiger partial charge in [0.25, 0.3) is 5.91 Å². The van der Waals surface area contributed by atoms with E-state index < -0.39 is 25.2 Å². The van der Waals surface area contributed by atoms with Gasteiger partial charge in [0.1, 0.15) is 12.3 Å². The van der Waals surface area contributed by atoms with Crippen molar-refractivity contribution < 1.29 is 31.9 Å². The molecule has 0 saturated carbocycles. The van der Waals surface area contributed by atoms with Crippen molar-refractivity contribution >= 4 is 5.91 Å². The number of nitrogens with zero attached hydrogens (tertiary/aromatic N) is 1. The molecule has 0 aliphatic carbocycles. The first-order chi connectivity index (χ1) is 11.9. The fourth-order valence-electron chi connectivity index (χ4n) is 2.11. The number of carbonyl (C=O) groups excluding carboxylic acids is 1. The molecule has 1 heterocycles. The Kier molecular flexibility index (Phi) is 6.32. The lowest BCUT2D eigenvalue weighted by Crippen LogP contribution is -2.40. The Labute approximate surface area is 142 Å². The summed E-state index contributed by atoms with van der Waals surface area (Å²) in [6.45, 7) is -0.0327. The number of hydrogen-bond donors (Lipinski definition) is 0. The molecule has 0 spiro atoms. The van der Waals surface area contributed by atoms with E-state index in [4.69, 9.17) is 13.9 Å². The Morgan fingerprint density at radius 1 is 1.12 bits per heavy atom. The zero-order valence-electron chi connectivity index (χ0n) is 13.6. The molecular weight excluding hydrogens is 339 g/mol. The van der Waals surface area contributed by atoms with Gasteiger partial charge in [0.05, 0.1) is 19.4 Å². The minimum absolute atomic E-state index is 0.257. The zero-order valence-corrected chi connectivity index (χ0v) is 13.6. The van der Waals surface area contributed by atoms with Crippen LogP contribution in [0.15, 0.2) is 47.1 Å². The summed E-state index contributed by atoms with van der Waals surface area (Å²) in [4.78, 5) is 12.8. The van der Waals surface area contributed by atoms with Crippen LogP contribution in [0.1, 0.15) is 12.7 Å².